The van der Waals surface area contributed by atoms with Gasteiger partial charge in [0.1, 0.15) is 101 Å². The van der Waals surface area contributed by atoms with Crippen molar-refractivity contribution in [3.05, 3.63) is 50.6 Å². The second kappa shape index (κ2) is 28.9. The number of methoxy groups -OCH3 is 2. The van der Waals surface area contributed by atoms with Crippen molar-refractivity contribution in [2.45, 2.75) is 143 Å². The number of hydrogen-bond acceptors (Lipinski definition) is 41. The van der Waals surface area contributed by atoms with E-state index >= 15 is 0 Å². The van der Waals surface area contributed by atoms with Crippen LogP contribution in [0.15, 0.2) is 50.6 Å². The van der Waals surface area contributed by atoms with Crippen LogP contribution >= 0.6 is 0 Å². The van der Waals surface area contributed by atoms with Gasteiger partial charge in [0.2, 0.25) is 4.75 Å². The molecule has 12 heterocycles. The number of carbonyl (C=O) groups is 12. The molecule has 8 bridgehead atoms. The first-order valence-electron chi connectivity index (χ1n) is 29.1. The zero-order valence-electron chi connectivity index (χ0n) is 52.0. The van der Waals surface area contributed by atoms with Crippen molar-refractivity contribution in [1.29, 1.82) is 5.26 Å². The van der Waals surface area contributed by atoms with Gasteiger partial charge >= 0.3 is 65.7 Å². The lowest BCUT2D eigenvalue weighted by Crippen LogP contribution is -2.55. The Morgan fingerprint density at radius 1 is 0.550 bits per heavy atom. The average molecular weight is 1500 g/mol. The SMILES string of the molecule is C=CC(=O)OCC(=O)OC1C2CC3(C(=O)OC)C(O2)C1OS3(=O)=O.C=CC(=O)OCC(=O)OC1C2OC3C1OS(=O)(=O)C3C2C#N.C=CC(=O)OCC(=O)OC1C2OS(=O)(=O)C3C2OC1C3C(=O)OC.C=CC(=O)OCC(=O)OC1C2OS(=O)(=O)C3CC1(COC(C)=O)OC23CCOC=O. The summed E-state index contributed by atoms with van der Waals surface area (Å²) in [5.74, 6) is -11.5. The van der Waals surface area contributed by atoms with Gasteiger partial charge in [0.05, 0.1) is 32.8 Å². The second-order valence-corrected chi connectivity index (χ2v) is 29.9. The molecule has 0 aromatic rings. The summed E-state index contributed by atoms with van der Waals surface area (Å²) in [4.78, 5) is 137. The molecule has 0 aromatic heterocycles. The van der Waals surface area contributed by atoms with Crippen LogP contribution in [0.4, 0.5) is 0 Å². The monoisotopic (exact) mass is 1500 g/mol. The van der Waals surface area contributed by atoms with Crippen LogP contribution < -0.4 is 0 Å². The van der Waals surface area contributed by atoms with Gasteiger partial charge < -0.3 is 75.8 Å². The fourth-order valence-electron chi connectivity index (χ4n) is 13.6. The molecule has 12 aliphatic heterocycles. The van der Waals surface area contributed by atoms with Crippen LogP contribution in [0, 0.1) is 23.2 Å². The Morgan fingerprint density at radius 3 is 1.53 bits per heavy atom. The Bertz CT molecular complexity index is 3960. The first-order chi connectivity index (χ1) is 47.0. The molecule has 0 radical (unpaired) electrons. The van der Waals surface area contributed by atoms with E-state index in [1.54, 1.807) is 0 Å². The molecule has 12 aliphatic rings. The Hall–Kier alpha value is -8.43. The normalized spacial score (nSPS) is 37.3. The highest BCUT2D eigenvalue weighted by Crippen LogP contribution is 2.62. The maximum absolute atomic E-state index is 12.5. The maximum Gasteiger partial charge on any atom is 0.344 e. The van der Waals surface area contributed by atoms with Gasteiger partial charge in [-0.1, -0.05) is 26.3 Å². The molecular formula is C55H59NO40S4. The highest BCUT2D eigenvalue weighted by molar-refractivity contribution is 7.89. The lowest BCUT2D eigenvalue weighted by atomic mass is 9.76. The predicted octanol–water partition coefficient (Wildman–Crippen LogP) is -5.86. The van der Waals surface area contributed by atoms with Crippen molar-refractivity contribution in [2.24, 2.45) is 11.8 Å². The fourth-order valence-corrected chi connectivity index (χ4v) is 21.0. The predicted molar refractivity (Wildman–Crippen MR) is 305 cm³/mol. The summed E-state index contributed by atoms with van der Waals surface area (Å²) in [6, 6.07) is 1.87. The van der Waals surface area contributed by atoms with Gasteiger partial charge in [0.15, 0.2) is 50.8 Å². The Labute approximate surface area is 565 Å². The topological polar surface area (TPSA) is 550 Å². The molecule has 100 heavy (non-hydrogen) atoms. The zero-order chi connectivity index (χ0) is 73.6. The summed E-state index contributed by atoms with van der Waals surface area (Å²) in [6.07, 6.45) is -11.4. The highest BCUT2D eigenvalue weighted by Gasteiger charge is 2.83. The molecule has 0 aromatic carbocycles. The van der Waals surface area contributed by atoms with Crippen LogP contribution in [0.1, 0.15) is 26.2 Å². The van der Waals surface area contributed by atoms with Gasteiger partial charge in [-0.2, -0.15) is 38.9 Å². The van der Waals surface area contributed by atoms with Crippen LogP contribution in [0.2, 0.25) is 0 Å². The Kier molecular flexibility index (Phi) is 21.9. The lowest BCUT2D eigenvalue weighted by molar-refractivity contribution is -0.177. The second-order valence-electron chi connectivity index (χ2n) is 22.9. The van der Waals surface area contributed by atoms with E-state index in [0.717, 1.165) is 45.4 Å². The molecule has 12 saturated heterocycles. The van der Waals surface area contributed by atoms with E-state index in [1.165, 1.54) is 0 Å². The first-order valence-corrected chi connectivity index (χ1v) is 34.9. The van der Waals surface area contributed by atoms with Crippen LogP contribution in [-0.4, -0.2) is 277 Å². The largest absolute Gasteiger partial charge is 0.469 e. The molecule has 12 rings (SSSR count). The van der Waals surface area contributed by atoms with Crippen molar-refractivity contribution in [3.8, 4) is 6.07 Å². The number of esters is 11. The standard InChI is InChI=1S/C17H20O12S.2C13H14O10S.C12H11NO8S/c1-3-12(20)25-7-13(21)27-14-15-17(4-5-24-9-18)11(30(22,23)28-15)6-16(14,29-17)8-26-10(2)19;1-3-7(14)20-5-8(15)22-9-6-4-13(12(16)19-2)11(21-6)10(9)23-24(13,17)18;1-3-5(14)20-4-6(15)21-9-8-7(13(16)19-2)12-11(22-8)10(9)23-24(12,17)18;1-2-6(14)18-4-7(15)19-9-8-5(3-13)12-11(20-8)10(9)21-22(12,16)17/h3,9,11,14-15H,1,4-8H2,2H3;3,6,9-11H,1,4-5H2,2H3;3,7-12H,1,4H2,2H3;2,5,8-12H,1,4H2. The van der Waals surface area contributed by atoms with Crippen molar-refractivity contribution in [2.75, 3.05) is 53.9 Å². The van der Waals surface area contributed by atoms with Gasteiger partial charge in [-0.15, -0.1) is 0 Å². The Morgan fingerprint density at radius 2 is 1.04 bits per heavy atom. The van der Waals surface area contributed by atoms with Crippen LogP contribution in [0.3, 0.4) is 0 Å². The van der Waals surface area contributed by atoms with Crippen molar-refractivity contribution >= 4 is 113 Å². The number of hydrogen-bond donors (Lipinski definition) is 0. The van der Waals surface area contributed by atoms with Gasteiger partial charge in [0, 0.05) is 50.5 Å². The zero-order valence-corrected chi connectivity index (χ0v) is 55.2. The van der Waals surface area contributed by atoms with Gasteiger partial charge in [-0.25, -0.2) is 38.4 Å². The lowest BCUT2D eigenvalue weighted by Gasteiger charge is -2.33. The molecule has 548 valence electrons. The maximum atomic E-state index is 12.5. The summed E-state index contributed by atoms with van der Waals surface area (Å²) in [7, 11) is -14.2. The third kappa shape index (κ3) is 13.7. The summed E-state index contributed by atoms with van der Waals surface area (Å²) in [5.41, 5.74) is -2.96. The molecule has 45 heteroatoms. The molecule has 0 saturated carbocycles. The van der Waals surface area contributed by atoms with E-state index < -0.39 is 268 Å². The number of nitriles is 1. The smallest absolute Gasteiger partial charge is 0.344 e. The minimum Gasteiger partial charge on any atom is -0.469 e. The van der Waals surface area contributed by atoms with Crippen molar-refractivity contribution in [1.82, 2.24) is 0 Å². The van der Waals surface area contributed by atoms with Gasteiger partial charge in [0.25, 0.3) is 46.9 Å². The number of nitrogens with zero attached hydrogens (tertiary/aromatic N) is 1. The molecule has 0 aliphatic carbocycles. The fraction of sp³-hybridized carbons (Fsp3) is 0.618. The van der Waals surface area contributed by atoms with Crippen LogP contribution in [-0.2, 0) is 191 Å². The van der Waals surface area contributed by atoms with Crippen LogP contribution in [0.25, 0.3) is 0 Å². The quantitative estimate of drug-likeness (QED) is 0.0217. The molecular weight excluding hydrogens is 1440 g/mol. The molecule has 0 N–H and O–H groups in total. The van der Waals surface area contributed by atoms with Crippen molar-refractivity contribution < 1.29 is 184 Å². The van der Waals surface area contributed by atoms with Gasteiger partial charge in [-0.3, -0.25) is 35.9 Å². The van der Waals surface area contributed by atoms with Crippen molar-refractivity contribution in [3.63, 3.8) is 0 Å². The van der Waals surface area contributed by atoms with E-state index in [0.29, 0.717) is 0 Å². The third-order valence-electron chi connectivity index (χ3n) is 17.5. The Balaban J connectivity index is 0.000000156. The number of fused-ring (bicyclic) bond motifs is 4. The molecule has 0 amide bonds. The van der Waals surface area contributed by atoms with Crippen LogP contribution in [0.5, 0.6) is 0 Å². The van der Waals surface area contributed by atoms with Gasteiger partial charge in [-0.05, 0) is 0 Å². The average Bonchev–Trinajstić information content (AvgIpc) is 1.51. The molecule has 0 spiro atoms. The molecule has 12 fully saturated rings. The van der Waals surface area contributed by atoms with E-state index in [-0.39, 0.29) is 32.3 Å². The summed E-state index contributed by atoms with van der Waals surface area (Å²) in [6.45, 7) is 10.7. The number of ether oxygens (including phenoxy) is 16. The van der Waals surface area contributed by atoms with E-state index in [9.17, 15) is 91.2 Å². The first kappa shape index (κ1) is 75.8. The summed E-state index contributed by atoms with van der Waals surface area (Å²) < 4.78 is 196. The van der Waals surface area contributed by atoms with E-state index in [4.69, 9.17) is 64.6 Å². The van der Waals surface area contributed by atoms with E-state index in [1.807, 2.05) is 6.07 Å². The molecule has 22 unspecified atom stereocenters. The number of rotatable bonds is 24. The number of carbonyl (C=O) groups excluding carboxylic acids is 12. The third-order valence-corrected chi connectivity index (χ3v) is 24.6. The van der Waals surface area contributed by atoms with E-state index in [2.05, 4.69) is 59.5 Å². The minimum absolute atomic E-state index is 0.0539. The minimum atomic E-state index is -4.29. The summed E-state index contributed by atoms with van der Waals surface area (Å²) >= 11 is 0. The summed E-state index contributed by atoms with van der Waals surface area (Å²) in [5, 5.41) is 5.76. The molecule has 22 atom stereocenters. The highest BCUT2D eigenvalue weighted by atomic mass is 32.2. The molecule has 41 nitrogen and oxygen atoms in total.